The maximum Gasteiger partial charge on any atom is 0.316 e. The normalized spacial score (nSPS) is 16.3. The molecule has 2 amide bonds. The van der Waals surface area contributed by atoms with Gasteiger partial charge in [0.15, 0.2) is 0 Å². The molecule has 37 heavy (non-hydrogen) atoms. The summed E-state index contributed by atoms with van der Waals surface area (Å²) in [5.41, 5.74) is 9.41. The topological polar surface area (TPSA) is 145 Å². The Labute approximate surface area is 212 Å². The molecule has 0 spiro atoms. The van der Waals surface area contributed by atoms with Gasteiger partial charge in [-0.1, -0.05) is 36.4 Å². The maximum atomic E-state index is 11.2. The molecule has 0 radical (unpaired) electrons. The quantitative estimate of drug-likeness (QED) is 0.203. The molecule has 5 rings (SSSR count). The minimum atomic E-state index is -0.675. The van der Waals surface area contributed by atoms with Crippen molar-refractivity contribution < 1.29 is 30.0 Å². The van der Waals surface area contributed by atoms with E-state index in [4.69, 9.17) is 10.5 Å². The average molecular weight is 497 g/mol. The standard InChI is InChI=1S/C29H24N2O6/c30-29(36)31-20-7-5-17(6-8-20)28-27(19-12-22(33)14-23(34)13-19)26-18(11-24(35)15-25(26)37-28)4-1-16-2-9-21(32)10-3-16/h1-15,27-28,32-35H,(H3,30,31,36)/b4-1+/t27-,28?/m0/s1. The SMILES string of the molecule is NC(=O)Nc1ccc(C2Oc3cc(O)cc(/C=C/c4ccc(O)cc4)c3[C@@H]2c2cc(O)cc(O)c2)cc1. The van der Waals surface area contributed by atoms with Gasteiger partial charge in [-0.15, -0.1) is 0 Å². The number of phenolic OH excluding ortho intramolecular Hbond substituents is 4. The van der Waals surface area contributed by atoms with Crippen LogP contribution in [-0.2, 0) is 0 Å². The molecule has 4 aromatic rings. The summed E-state index contributed by atoms with van der Waals surface area (Å²) in [7, 11) is 0. The first-order valence-electron chi connectivity index (χ1n) is 11.5. The molecule has 2 atom stereocenters. The Kier molecular flexibility index (Phi) is 6.07. The van der Waals surface area contributed by atoms with E-state index in [-0.39, 0.29) is 23.0 Å². The van der Waals surface area contributed by atoms with Crippen LogP contribution in [0.25, 0.3) is 12.2 Å². The molecule has 1 heterocycles. The fourth-order valence-corrected chi connectivity index (χ4v) is 4.63. The summed E-state index contributed by atoms with van der Waals surface area (Å²) >= 11 is 0. The van der Waals surface area contributed by atoms with Crippen molar-refractivity contribution in [2.24, 2.45) is 5.73 Å². The second-order valence-corrected chi connectivity index (χ2v) is 8.78. The van der Waals surface area contributed by atoms with Crippen molar-refractivity contribution >= 4 is 23.9 Å². The number of hydrogen-bond donors (Lipinski definition) is 6. The largest absolute Gasteiger partial charge is 0.508 e. The van der Waals surface area contributed by atoms with Crippen LogP contribution in [-0.4, -0.2) is 26.5 Å². The predicted octanol–water partition coefficient (Wildman–Crippen LogP) is 5.44. The van der Waals surface area contributed by atoms with Gasteiger partial charge in [0.25, 0.3) is 0 Å². The van der Waals surface area contributed by atoms with E-state index in [9.17, 15) is 25.2 Å². The molecular formula is C29H24N2O6. The summed E-state index contributed by atoms with van der Waals surface area (Å²) < 4.78 is 6.35. The fraction of sp³-hybridized carbons (Fsp3) is 0.0690. The Morgan fingerprint density at radius 2 is 1.41 bits per heavy atom. The summed E-state index contributed by atoms with van der Waals surface area (Å²) in [4.78, 5) is 11.2. The van der Waals surface area contributed by atoms with Crippen LogP contribution in [0.4, 0.5) is 10.5 Å². The number of ether oxygens (including phenoxy) is 1. The molecule has 186 valence electrons. The third kappa shape index (κ3) is 4.99. The zero-order valence-corrected chi connectivity index (χ0v) is 19.5. The van der Waals surface area contributed by atoms with E-state index in [1.807, 2.05) is 12.2 Å². The molecule has 1 unspecified atom stereocenters. The lowest BCUT2D eigenvalue weighted by Gasteiger charge is -2.21. The van der Waals surface area contributed by atoms with E-state index in [0.717, 1.165) is 16.7 Å². The Morgan fingerprint density at radius 1 is 0.757 bits per heavy atom. The van der Waals surface area contributed by atoms with Crippen molar-refractivity contribution in [2.75, 3.05) is 5.32 Å². The summed E-state index contributed by atoms with van der Waals surface area (Å²) in [6.07, 6.45) is 3.12. The Morgan fingerprint density at radius 3 is 2.05 bits per heavy atom. The van der Waals surface area contributed by atoms with Gasteiger partial charge < -0.3 is 36.2 Å². The average Bonchev–Trinajstić information content (AvgIpc) is 3.22. The number of hydrogen-bond acceptors (Lipinski definition) is 6. The summed E-state index contributed by atoms with van der Waals surface area (Å²) in [6.45, 7) is 0. The van der Waals surface area contributed by atoms with Crippen molar-refractivity contribution in [3.8, 4) is 28.7 Å². The zero-order chi connectivity index (χ0) is 26.1. The summed E-state index contributed by atoms with van der Waals surface area (Å²) in [5, 5.41) is 43.0. The molecule has 8 heteroatoms. The van der Waals surface area contributed by atoms with Gasteiger partial charge in [-0.3, -0.25) is 0 Å². The van der Waals surface area contributed by atoms with Gasteiger partial charge in [0, 0.05) is 23.4 Å². The number of primary amides is 1. The van der Waals surface area contributed by atoms with Crippen LogP contribution in [0.5, 0.6) is 28.7 Å². The van der Waals surface area contributed by atoms with Gasteiger partial charge in [-0.25, -0.2) is 4.79 Å². The van der Waals surface area contributed by atoms with Crippen LogP contribution >= 0.6 is 0 Å². The molecule has 0 fully saturated rings. The van der Waals surface area contributed by atoms with Crippen LogP contribution in [0.2, 0.25) is 0 Å². The number of urea groups is 1. The fourth-order valence-electron chi connectivity index (χ4n) is 4.63. The first-order valence-corrected chi connectivity index (χ1v) is 11.5. The second-order valence-electron chi connectivity index (χ2n) is 8.78. The number of aromatic hydroxyl groups is 4. The van der Waals surface area contributed by atoms with Gasteiger partial charge in [-0.05, 0) is 64.7 Å². The van der Waals surface area contributed by atoms with Gasteiger partial charge >= 0.3 is 6.03 Å². The molecule has 0 bridgehead atoms. The number of amides is 2. The van der Waals surface area contributed by atoms with Crippen molar-refractivity contribution in [1.29, 1.82) is 0 Å². The molecule has 7 N–H and O–H groups in total. The molecule has 1 aliphatic rings. The van der Waals surface area contributed by atoms with Crippen LogP contribution < -0.4 is 15.8 Å². The Balaban J connectivity index is 1.62. The van der Waals surface area contributed by atoms with Crippen molar-refractivity contribution in [1.82, 2.24) is 0 Å². The number of fused-ring (bicyclic) bond motifs is 1. The molecule has 0 saturated heterocycles. The highest BCUT2D eigenvalue weighted by molar-refractivity contribution is 5.87. The molecule has 8 nitrogen and oxygen atoms in total. The van der Waals surface area contributed by atoms with Crippen molar-refractivity contribution in [2.45, 2.75) is 12.0 Å². The maximum absolute atomic E-state index is 11.2. The van der Waals surface area contributed by atoms with Gasteiger partial charge in [-0.2, -0.15) is 0 Å². The lowest BCUT2D eigenvalue weighted by Crippen LogP contribution is -2.19. The highest BCUT2D eigenvalue weighted by atomic mass is 16.5. The van der Waals surface area contributed by atoms with Gasteiger partial charge in [0.2, 0.25) is 0 Å². The molecule has 0 aromatic heterocycles. The summed E-state index contributed by atoms with van der Waals surface area (Å²) in [5.74, 6) is -0.00686. The number of phenols is 4. The second kappa shape index (κ2) is 9.50. The third-order valence-electron chi connectivity index (χ3n) is 6.17. The predicted molar refractivity (Wildman–Crippen MR) is 140 cm³/mol. The number of carbonyl (C=O) groups is 1. The number of nitrogens with one attached hydrogen (secondary N) is 1. The molecular weight excluding hydrogens is 472 g/mol. The molecule has 0 aliphatic carbocycles. The highest BCUT2D eigenvalue weighted by Crippen LogP contribution is 2.53. The smallest absolute Gasteiger partial charge is 0.316 e. The highest BCUT2D eigenvalue weighted by Gasteiger charge is 2.39. The first-order chi connectivity index (χ1) is 17.8. The van der Waals surface area contributed by atoms with Gasteiger partial charge in [0.05, 0.1) is 5.92 Å². The summed E-state index contributed by atoms with van der Waals surface area (Å²) in [6, 6.07) is 20.6. The lowest BCUT2D eigenvalue weighted by molar-refractivity contribution is 0.221. The van der Waals surface area contributed by atoms with Crippen LogP contribution in [0.1, 0.15) is 39.8 Å². The van der Waals surface area contributed by atoms with Crippen molar-refractivity contribution in [3.63, 3.8) is 0 Å². The minimum absolute atomic E-state index is 0.0169. The van der Waals surface area contributed by atoms with Crippen LogP contribution in [0.3, 0.4) is 0 Å². The van der Waals surface area contributed by atoms with Crippen LogP contribution in [0, 0.1) is 0 Å². The van der Waals surface area contributed by atoms with E-state index in [1.54, 1.807) is 66.7 Å². The first kappa shape index (κ1) is 23.6. The zero-order valence-electron chi connectivity index (χ0n) is 19.5. The molecule has 4 aromatic carbocycles. The molecule has 0 saturated carbocycles. The monoisotopic (exact) mass is 496 g/mol. The molecule has 1 aliphatic heterocycles. The van der Waals surface area contributed by atoms with Crippen LogP contribution in [0.15, 0.2) is 78.9 Å². The van der Waals surface area contributed by atoms with E-state index in [2.05, 4.69) is 5.32 Å². The number of rotatable bonds is 5. The third-order valence-corrected chi connectivity index (χ3v) is 6.17. The number of anilines is 1. The minimum Gasteiger partial charge on any atom is -0.508 e. The number of benzene rings is 4. The van der Waals surface area contributed by atoms with E-state index in [0.29, 0.717) is 22.6 Å². The van der Waals surface area contributed by atoms with E-state index < -0.39 is 18.1 Å². The number of carbonyl (C=O) groups excluding carboxylic acids is 1. The van der Waals surface area contributed by atoms with Gasteiger partial charge in [0.1, 0.15) is 34.9 Å². The van der Waals surface area contributed by atoms with E-state index >= 15 is 0 Å². The number of nitrogens with two attached hydrogens (primary N) is 1. The van der Waals surface area contributed by atoms with Crippen molar-refractivity contribution in [3.05, 3.63) is 107 Å². The Hall–Kier alpha value is -5.11. The van der Waals surface area contributed by atoms with E-state index in [1.165, 1.54) is 12.1 Å². The lowest BCUT2D eigenvalue weighted by atomic mass is 9.82. The Bertz CT molecular complexity index is 1480.